The van der Waals surface area contributed by atoms with Crippen LogP contribution in [0.25, 0.3) is 10.9 Å². The topological polar surface area (TPSA) is 55.9 Å². The zero-order valence-electron chi connectivity index (χ0n) is 13.0. The molecule has 1 aliphatic carbocycles. The summed E-state index contributed by atoms with van der Waals surface area (Å²) >= 11 is 0. The van der Waals surface area contributed by atoms with E-state index in [4.69, 9.17) is 10.9 Å². The highest BCUT2D eigenvalue weighted by Gasteiger charge is 2.26. The van der Waals surface area contributed by atoms with E-state index < -0.39 is 0 Å². The van der Waals surface area contributed by atoms with E-state index in [0.717, 1.165) is 18.0 Å². The quantitative estimate of drug-likeness (QED) is 0.671. The van der Waals surface area contributed by atoms with Gasteiger partial charge in [0, 0.05) is 24.9 Å². The van der Waals surface area contributed by atoms with Crippen molar-refractivity contribution in [3.63, 3.8) is 0 Å². The number of aryl methyl sites for hydroxylation is 1. The van der Waals surface area contributed by atoms with Crippen LogP contribution in [-0.2, 0) is 13.5 Å². The minimum absolute atomic E-state index is 0.329. The molecule has 1 aromatic heterocycles. The summed E-state index contributed by atoms with van der Waals surface area (Å²) in [6.45, 7) is 2.35. The molecule has 0 spiro atoms. The SMILES string of the molecule is CC1CCC(C(Cc2nn(C)c3ccccc23)NN)CC1. The number of hydrogen-bond acceptors (Lipinski definition) is 3. The van der Waals surface area contributed by atoms with Crippen LogP contribution in [-0.4, -0.2) is 15.8 Å². The second kappa shape index (κ2) is 6.16. The third kappa shape index (κ3) is 2.97. The van der Waals surface area contributed by atoms with Crippen molar-refractivity contribution >= 4 is 10.9 Å². The predicted octanol–water partition coefficient (Wildman–Crippen LogP) is 2.77. The summed E-state index contributed by atoms with van der Waals surface area (Å²) < 4.78 is 1.97. The zero-order chi connectivity index (χ0) is 14.8. The Labute approximate surface area is 126 Å². The van der Waals surface area contributed by atoms with Gasteiger partial charge >= 0.3 is 0 Å². The van der Waals surface area contributed by atoms with Gasteiger partial charge in [-0.25, -0.2) is 0 Å². The van der Waals surface area contributed by atoms with Gasteiger partial charge in [-0.1, -0.05) is 38.0 Å². The van der Waals surface area contributed by atoms with Gasteiger partial charge in [0.15, 0.2) is 0 Å². The van der Waals surface area contributed by atoms with Crippen LogP contribution in [0.4, 0.5) is 0 Å². The fourth-order valence-corrected chi connectivity index (χ4v) is 3.70. The van der Waals surface area contributed by atoms with E-state index in [1.807, 2.05) is 11.7 Å². The van der Waals surface area contributed by atoms with Crippen molar-refractivity contribution in [3.05, 3.63) is 30.0 Å². The molecule has 0 radical (unpaired) electrons. The summed E-state index contributed by atoms with van der Waals surface area (Å²) in [5.41, 5.74) is 5.42. The van der Waals surface area contributed by atoms with Gasteiger partial charge in [-0.05, 0) is 30.7 Å². The number of aromatic nitrogens is 2. The molecule has 1 heterocycles. The van der Waals surface area contributed by atoms with Gasteiger partial charge in [-0.3, -0.25) is 16.0 Å². The van der Waals surface area contributed by atoms with E-state index >= 15 is 0 Å². The first-order valence-electron chi connectivity index (χ1n) is 8.05. The number of fused-ring (bicyclic) bond motifs is 1. The molecule has 21 heavy (non-hydrogen) atoms. The van der Waals surface area contributed by atoms with E-state index in [1.165, 1.54) is 36.6 Å². The lowest BCUT2D eigenvalue weighted by Gasteiger charge is -2.32. The van der Waals surface area contributed by atoms with Gasteiger partial charge < -0.3 is 0 Å². The van der Waals surface area contributed by atoms with Crippen LogP contribution in [0.1, 0.15) is 38.3 Å². The molecule has 1 aliphatic rings. The minimum Gasteiger partial charge on any atom is -0.271 e. The third-order valence-electron chi connectivity index (χ3n) is 5.09. The maximum Gasteiger partial charge on any atom is 0.0719 e. The van der Waals surface area contributed by atoms with Crippen LogP contribution in [0.15, 0.2) is 24.3 Å². The van der Waals surface area contributed by atoms with Crippen molar-refractivity contribution in [2.24, 2.45) is 24.7 Å². The first-order chi connectivity index (χ1) is 10.2. The van der Waals surface area contributed by atoms with Crippen LogP contribution < -0.4 is 11.3 Å². The average molecular weight is 286 g/mol. The lowest BCUT2D eigenvalue weighted by molar-refractivity contribution is 0.229. The molecule has 1 fully saturated rings. The summed E-state index contributed by atoms with van der Waals surface area (Å²) in [6.07, 6.45) is 6.12. The molecule has 3 N–H and O–H groups in total. The molecule has 3 rings (SSSR count). The molecule has 2 aromatic rings. The maximum absolute atomic E-state index is 5.85. The van der Waals surface area contributed by atoms with Crippen molar-refractivity contribution in [1.82, 2.24) is 15.2 Å². The Balaban J connectivity index is 1.79. The smallest absolute Gasteiger partial charge is 0.0719 e. The molecule has 1 aromatic carbocycles. The highest BCUT2D eigenvalue weighted by atomic mass is 15.3. The summed E-state index contributed by atoms with van der Waals surface area (Å²) in [4.78, 5) is 0. The van der Waals surface area contributed by atoms with Crippen molar-refractivity contribution < 1.29 is 0 Å². The first kappa shape index (κ1) is 14.5. The number of hydrogen-bond donors (Lipinski definition) is 2. The fraction of sp³-hybridized carbons (Fsp3) is 0.588. The maximum atomic E-state index is 5.85. The molecule has 0 aliphatic heterocycles. The van der Waals surface area contributed by atoms with Crippen LogP contribution >= 0.6 is 0 Å². The van der Waals surface area contributed by atoms with Crippen LogP contribution in [0, 0.1) is 11.8 Å². The number of nitrogens with two attached hydrogens (primary N) is 1. The Morgan fingerprint density at radius 1 is 1.29 bits per heavy atom. The van der Waals surface area contributed by atoms with E-state index in [2.05, 4.69) is 36.6 Å². The lowest BCUT2D eigenvalue weighted by Crippen LogP contribution is -2.43. The van der Waals surface area contributed by atoms with Gasteiger partial charge in [0.2, 0.25) is 0 Å². The minimum atomic E-state index is 0.329. The standard InChI is InChI=1S/C17H26N4/c1-12-7-9-13(10-8-12)15(19-18)11-16-14-5-3-4-6-17(14)21(2)20-16/h3-6,12-13,15,19H,7-11,18H2,1-2H3. The number of benzene rings is 1. The van der Waals surface area contributed by atoms with Gasteiger partial charge in [0.25, 0.3) is 0 Å². The Bertz CT molecular complexity index is 596. The number of nitrogens with one attached hydrogen (secondary N) is 1. The van der Waals surface area contributed by atoms with Gasteiger partial charge in [0.1, 0.15) is 0 Å². The van der Waals surface area contributed by atoms with Crippen LogP contribution in [0.3, 0.4) is 0 Å². The predicted molar refractivity (Wildman–Crippen MR) is 86.7 cm³/mol. The monoisotopic (exact) mass is 286 g/mol. The highest BCUT2D eigenvalue weighted by molar-refractivity contribution is 5.81. The van der Waals surface area contributed by atoms with Gasteiger partial charge in [-0.2, -0.15) is 5.10 Å². The summed E-state index contributed by atoms with van der Waals surface area (Å²) in [5.74, 6) is 7.40. The van der Waals surface area contributed by atoms with Crippen LogP contribution in [0.5, 0.6) is 0 Å². The average Bonchev–Trinajstić information content (AvgIpc) is 2.83. The van der Waals surface area contributed by atoms with Crippen molar-refractivity contribution in [2.45, 2.75) is 45.1 Å². The first-order valence-corrected chi connectivity index (χ1v) is 8.05. The van der Waals surface area contributed by atoms with Gasteiger partial charge in [0.05, 0.1) is 11.2 Å². The van der Waals surface area contributed by atoms with Crippen molar-refractivity contribution in [2.75, 3.05) is 0 Å². The molecular formula is C17H26N4. The number of para-hydroxylation sites is 1. The number of nitrogens with zero attached hydrogens (tertiary/aromatic N) is 2. The molecule has 114 valence electrons. The Kier molecular flexibility index (Phi) is 4.27. The molecular weight excluding hydrogens is 260 g/mol. The molecule has 1 saturated carbocycles. The van der Waals surface area contributed by atoms with E-state index in [-0.39, 0.29) is 0 Å². The van der Waals surface area contributed by atoms with Crippen LogP contribution in [0.2, 0.25) is 0 Å². The van der Waals surface area contributed by atoms with E-state index in [0.29, 0.717) is 12.0 Å². The third-order valence-corrected chi connectivity index (χ3v) is 5.09. The molecule has 1 atom stereocenters. The second-order valence-corrected chi connectivity index (χ2v) is 6.58. The lowest BCUT2D eigenvalue weighted by atomic mass is 9.78. The van der Waals surface area contributed by atoms with Crippen molar-refractivity contribution in [3.8, 4) is 0 Å². The normalized spacial score (nSPS) is 24.3. The van der Waals surface area contributed by atoms with Gasteiger partial charge in [-0.15, -0.1) is 0 Å². The van der Waals surface area contributed by atoms with E-state index in [9.17, 15) is 0 Å². The number of rotatable bonds is 4. The summed E-state index contributed by atoms with van der Waals surface area (Å²) in [5, 5.41) is 5.96. The molecule has 1 unspecified atom stereocenters. The molecule has 0 amide bonds. The Hall–Kier alpha value is -1.39. The Morgan fingerprint density at radius 3 is 2.71 bits per heavy atom. The fourth-order valence-electron chi connectivity index (χ4n) is 3.70. The summed E-state index contributed by atoms with van der Waals surface area (Å²) in [6, 6.07) is 8.76. The molecule has 0 bridgehead atoms. The molecule has 4 heteroatoms. The van der Waals surface area contributed by atoms with E-state index in [1.54, 1.807) is 0 Å². The highest BCUT2D eigenvalue weighted by Crippen LogP contribution is 2.32. The van der Waals surface area contributed by atoms with Crippen molar-refractivity contribution in [1.29, 1.82) is 0 Å². The summed E-state index contributed by atoms with van der Waals surface area (Å²) in [7, 11) is 2.01. The molecule has 4 nitrogen and oxygen atoms in total. The molecule has 0 saturated heterocycles. The zero-order valence-corrected chi connectivity index (χ0v) is 13.0. The number of hydrazine groups is 1. The second-order valence-electron chi connectivity index (χ2n) is 6.58. The largest absolute Gasteiger partial charge is 0.271 e. The Morgan fingerprint density at radius 2 is 2.00 bits per heavy atom.